The predicted octanol–water partition coefficient (Wildman–Crippen LogP) is 1.36. The smallest absolute Gasteiger partial charge is 0.253 e. The van der Waals surface area contributed by atoms with Crippen LogP contribution < -0.4 is 10.7 Å². The third-order valence-electron chi connectivity index (χ3n) is 1.30. The summed E-state index contributed by atoms with van der Waals surface area (Å²) >= 11 is 6.34. The maximum atomic E-state index is 11.2. The fraction of sp³-hybridized carbons (Fsp3) is 0. The van der Waals surface area contributed by atoms with Gasteiger partial charge in [-0.15, -0.1) is 0 Å². The first-order chi connectivity index (χ1) is 5.95. The Bertz CT molecular complexity index is 398. The number of halogens is 2. The van der Waals surface area contributed by atoms with Gasteiger partial charge < -0.3 is 0 Å². The van der Waals surface area contributed by atoms with Gasteiger partial charge in [-0.3, -0.25) is 5.84 Å². The van der Waals surface area contributed by atoms with Crippen molar-refractivity contribution in [2.24, 2.45) is 5.84 Å². The lowest BCUT2D eigenvalue weighted by molar-refractivity contribution is 0.584. The molecule has 0 unspecified atom stereocenters. The van der Waals surface area contributed by atoms with E-state index < -0.39 is 10.0 Å². The van der Waals surface area contributed by atoms with Crippen LogP contribution in [0.15, 0.2) is 32.0 Å². The van der Waals surface area contributed by atoms with Crippen LogP contribution in [0.25, 0.3) is 0 Å². The van der Waals surface area contributed by atoms with E-state index in [1.807, 2.05) is 0 Å². The van der Waals surface area contributed by atoms with E-state index in [1.165, 1.54) is 12.1 Å². The van der Waals surface area contributed by atoms with Crippen LogP contribution in [-0.4, -0.2) is 8.42 Å². The molecule has 0 saturated carbocycles. The Labute approximate surface area is 92.8 Å². The zero-order valence-corrected chi connectivity index (χ0v) is 10.3. The molecule has 0 fully saturated rings. The molecule has 0 atom stereocenters. The molecule has 0 aliphatic rings. The van der Waals surface area contributed by atoms with Crippen molar-refractivity contribution in [3.63, 3.8) is 0 Å². The largest absolute Gasteiger partial charge is 0.257 e. The summed E-state index contributed by atoms with van der Waals surface area (Å²) in [6, 6.07) is 4.65. The molecular formula is C6H6Br2N2O2S. The molecule has 0 amide bonds. The number of hydrazine groups is 1. The quantitative estimate of drug-likeness (QED) is 0.635. The van der Waals surface area contributed by atoms with Crippen LogP contribution in [0.1, 0.15) is 0 Å². The number of rotatable bonds is 2. The van der Waals surface area contributed by atoms with Crippen molar-refractivity contribution in [1.82, 2.24) is 4.83 Å². The topological polar surface area (TPSA) is 72.2 Å². The number of nitrogens with two attached hydrogens (primary N) is 1. The SMILES string of the molecule is NNS(=O)(=O)c1cc(Br)cc(Br)c1. The molecule has 13 heavy (non-hydrogen) atoms. The fourth-order valence-electron chi connectivity index (χ4n) is 0.752. The van der Waals surface area contributed by atoms with E-state index in [-0.39, 0.29) is 4.90 Å². The van der Waals surface area contributed by atoms with Crippen molar-refractivity contribution in [1.29, 1.82) is 0 Å². The summed E-state index contributed by atoms with van der Waals surface area (Å²) in [5.41, 5.74) is 0. The summed E-state index contributed by atoms with van der Waals surface area (Å²) in [4.78, 5) is 1.85. The van der Waals surface area contributed by atoms with Gasteiger partial charge in [0.1, 0.15) is 0 Å². The van der Waals surface area contributed by atoms with Gasteiger partial charge in [0.15, 0.2) is 0 Å². The summed E-state index contributed by atoms with van der Waals surface area (Å²) < 4.78 is 23.8. The van der Waals surface area contributed by atoms with Crippen LogP contribution in [0.5, 0.6) is 0 Å². The van der Waals surface area contributed by atoms with E-state index in [2.05, 4.69) is 31.9 Å². The van der Waals surface area contributed by atoms with E-state index in [1.54, 1.807) is 10.9 Å². The van der Waals surface area contributed by atoms with E-state index in [4.69, 9.17) is 5.84 Å². The van der Waals surface area contributed by atoms with Gasteiger partial charge >= 0.3 is 0 Å². The normalized spacial score (nSPS) is 11.6. The zero-order valence-electron chi connectivity index (χ0n) is 6.29. The number of sulfonamides is 1. The minimum atomic E-state index is -3.58. The van der Waals surface area contributed by atoms with Crippen molar-refractivity contribution >= 4 is 41.9 Å². The maximum Gasteiger partial charge on any atom is 0.253 e. The Morgan fingerprint density at radius 3 is 2.00 bits per heavy atom. The molecule has 0 aliphatic carbocycles. The van der Waals surface area contributed by atoms with Crippen LogP contribution in [0.4, 0.5) is 0 Å². The maximum absolute atomic E-state index is 11.2. The highest BCUT2D eigenvalue weighted by Gasteiger charge is 2.12. The van der Waals surface area contributed by atoms with Crippen molar-refractivity contribution in [3.05, 3.63) is 27.1 Å². The monoisotopic (exact) mass is 328 g/mol. The van der Waals surface area contributed by atoms with Crippen molar-refractivity contribution in [2.45, 2.75) is 4.90 Å². The summed E-state index contributed by atoms with van der Waals surface area (Å²) in [7, 11) is -3.58. The van der Waals surface area contributed by atoms with Gasteiger partial charge in [-0.1, -0.05) is 31.9 Å². The molecule has 0 spiro atoms. The first kappa shape index (κ1) is 11.1. The number of nitrogens with one attached hydrogen (secondary N) is 1. The first-order valence-electron chi connectivity index (χ1n) is 3.14. The molecule has 0 radical (unpaired) electrons. The molecule has 4 nitrogen and oxygen atoms in total. The number of benzene rings is 1. The van der Waals surface area contributed by atoms with Gasteiger partial charge in [0, 0.05) is 8.95 Å². The van der Waals surface area contributed by atoms with E-state index in [0.29, 0.717) is 8.95 Å². The van der Waals surface area contributed by atoms with Gasteiger partial charge in [0.25, 0.3) is 10.0 Å². The van der Waals surface area contributed by atoms with Crippen molar-refractivity contribution in [3.8, 4) is 0 Å². The summed E-state index contributed by atoms with van der Waals surface area (Å²) in [6.07, 6.45) is 0. The molecular weight excluding hydrogens is 324 g/mol. The number of hydrogen-bond donors (Lipinski definition) is 2. The van der Waals surface area contributed by atoms with E-state index in [9.17, 15) is 8.42 Å². The minimum Gasteiger partial charge on any atom is -0.257 e. The van der Waals surface area contributed by atoms with E-state index in [0.717, 1.165) is 0 Å². The van der Waals surface area contributed by atoms with Crippen LogP contribution in [0.3, 0.4) is 0 Å². The van der Waals surface area contributed by atoms with Gasteiger partial charge in [-0.05, 0) is 18.2 Å². The second-order valence-electron chi connectivity index (χ2n) is 2.23. The van der Waals surface area contributed by atoms with Crippen molar-refractivity contribution < 1.29 is 8.42 Å². The minimum absolute atomic E-state index is 0.108. The van der Waals surface area contributed by atoms with Crippen LogP contribution in [0, 0.1) is 0 Å². The molecule has 7 heteroatoms. The molecule has 0 aliphatic heterocycles. The Balaban J connectivity index is 3.32. The van der Waals surface area contributed by atoms with Gasteiger partial charge in [0.2, 0.25) is 0 Å². The predicted molar refractivity (Wildman–Crippen MR) is 56.4 cm³/mol. The number of hydrogen-bond acceptors (Lipinski definition) is 3. The van der Waals surface area contributed by atoms with E-state index >= 15 is 0 Å². The van der Waals surface area contributed by atoms with Gasteiger partial charge in [-0.2, -0.15) is 4.83 Å². The summed E-state index contributed by atoms with van der Waals surface area (Å²) in [5, 5.41) is 0. The van der Waals surface area contributed by atoms with Crippen LogP contribution in [0.2, 0.25) is 0 Å². The lowest BCUT2D eigenvalue weighted by Gasteiger charge is -2.03. The zero-order chi connectivity index (χ0) is 10.1. The highest BCUT2D eigenvalue weighted by molar-refractivity contribution is 9.11. The molecule has 1 aromatic rings. The van der Waals surface area contributed by atoms with Gasteiger partial charge in [-0.25, -0.2) is 8.42 Å². The fourth-order valence-corrected chi connectivity index (χ4v) is 3.05. The molecule has 72 valence electrons. The highest BCUT2D eigenvalue weighted by atomic mass is 79.9. The third-order valence-corrected chi connectivity index (χ3v) is 3.38. The van der Waals surface area contributed by atoms with Crippen molar-refractivity contribution in [2.75, 3.05) is 0 Å². The van der Waals surface area contributed by atoms with Gasteiger partial charge in [0.05, 0.1) is 4.90 Å². The Hall–Kier alpha value is 0.0500. The standard InChI is InChI=1S/C6H6Br2N2O2S/c7-4-1-5(8)3-6(2-4)13(11,12)10-9/h1-3,10H,9H2. The molecule has 1 aromatic carbocycles. The second kappa shape index (κ2) is 4.05. The molecule has 0 saturated heterocycles. The third kappa shape index (κ3) is 2.75. The average molecular weight is 330 g/mol. The van der Waals surface area contributed by atoms with Crippen LogP contribution >= 0.6 is 31.9 Å². The Morgan fingerprint density at radius 2 is 1.62 bits per heavy atom. The molecule has 3 N–H and O–H groups in total. The summed E-state index contributed by atoms with van der Waals surface area (Å²) in [5.74, 6) is 4.87. The summed E-state index contributed by atoms with van der Waals surface area (Å²) in [6.45, 7) is 0. The molecule has 1 rings (SSSR count). The second-order valence-corrected chi connectivity index (χ2v) is 5.77. The lowest BCUT2D eigenvalue weighted by atomic mass is 10.4. The lowest BCUT2D eigenvalue weighted by Crippen LogP contribution is -2.30. The molecule has 0 aromatic heterocycles. The molecule has 0 heterocycles. The first-order valence-corrected chi connectivity index (χ1v) is 6.21. The Morgan fingerprint density at radius 1 is 1.15 bits per heavy atom. The molecule has 0 bridgehead atoms. The van der Waals surface area contributed by atoms with Crippen LogP contribution in [-0.2, 0) is 10.0 Å². The average Bonchev–Trinajstić information content (AvgIpc) is 2.02. The highest BCUT2D eigenvalue weighted by Crippen LogP contribution is 2.22. The Kier molecular flexibility index (Phi) is 3.47.